The summed E-state index contributed by atoms with van der Waals surface area (Å²) >= 11 is 4.77. The van der Waals surface area contributed by atoms with E-state index in [4.69, 9.17) is 4.52 Å². The van der Waals surface area contributed by atoms with Crippen molar-refractivity contribution in [1.82, 2.24) is 14.4 Å². The molecule has 0 bridgehead atoms. The predicted molar refractivity (Wildman–Crippen MR) is 90.4 cm³/mol. The van der Waals surface area contributed by atoms with Gasteiger partial charge in [0.2, 0.25) is 21.7 Å². The first-order chi connectivity index (χ1) is 11.0. The molecule has 0 radical (unpaired) electrons. The van der Waals surface area contributed by atoms with E-state index < -0.39 is 10.0 Å². The number of benzene rings is 1. The van der Waals surface area contributed by atoms with Crippen LogP contribution < -0.4 is 0 Å². The number of nitrogens with zero attached hydrogens (tertiary/aromatic N) is 3. The van der Waals surface area contributed by atoms with Gasteiger partial charge in [-0.15, -0.1) is 11.3 Å². The Hall–Kier alpha value is -1.55. The molecular weight excluding hydrogens is 402 g/mol. The van der Waals surface area contributed by atoms with Gasteiger partial charge in [-0.25, -0.2) is 8.42 Å². The summed E-state index contributed by atoms with van der Waals surface area (Å²) in [5, 5.41) is 5.79. The lowest BCUT2D eigenvalue weighted by molar-refractivity contribution is 0.337. The number of rotatable bonds is 5. The molecule has 23 heavy (non-hydrogen) atoms. The van der Waals surface area contributed by atoms with Crippen molar-refractivity contribution in [3.63, 3.8) is 0 Å². The van der Waals surface area contributed by atoms with Gasteiger partial charge in [0.15, 0.2) is 0 Å². The Bertz CT molecular complexity index is 890. The molecule has 0 amide bonds. The van der Waals surface area contributed by atoms with Crippen LogP contribution in [0.1, 0.15) is 5.89 Å². The SMILES string of the molecule is CN(Cc1nc(-c2cccs2)no1)S(=O)(=O)c1ccc(Br)cc1. The monoisotopic (exact) mass is 413 g/mol. The molecule has 3 rings (SSSR count). The molecule has 3 aromatic rings. The third-order valence-electron chi connectivity index (χ3n) is 3.09. The maximum absolute atomic E-state index is 12.5. The summed E-state index contributed by atoms with van der Waals surface area (Å²) in [5.74, 6) is 0.709. The molecular formula is C14H12BrN3O3S2. The van der Waals surface area contributed by atoms with Crippen LogP contribution >= 0.6 is 27.3 Å². The van der Waals surface area contributed by atoms with Gasteiger partial charge in [-0.05, 0) is 35.7 Å². The van der Waals surface area contributed by atoms with Crippen molar-refractivity contribution < 1.29 is 12.9 Å². The van der Waals surface area contributed by atoms with E-state index in [2.05, 4.69) is 26.1 Å². The maximum atomic E-state index is 12.5. The number of hydrogen-bond acceptors (Lipinski definition) is 6. The van der Waals surface area contributed by atoms with E-state index in [-0.39, 0.29) is 17.3 Å². The Balaban J connectivity index is 1.78. The normalized spacial score (nSPS) is 12.0. The van der Waals surface area contributed by atoms with Crippen LogP contribution in [0.4, 0.5) is 0 Å². The van der Waals surface area contributed by atoms with E-state index >= 15 is 0 Å². The third kappa shape index (κ3) is 3.52. The van der Waals surface area contributed by atoms with Gasteiger partial charge >= 0.3 is 0 Å². The van der Waals surface area contributed by atoms with Crippen molar-refractivity contribution in [3.05, 3.63) is 52.1 Å². The van der Waals surface area contributed by atoms with Crippen LogP contribution in [-0.4, -0.2) is 29.9 Å². The van der Waals surface area contributed by atoms with Crippen molar-refractivity contribution in [2.75, 3.05) is 7.05 Å². The van der Waals surface area contributed by atoms with Crippen LogP contribution in [0.2, 0.25) is 0 Å². The van der Waals surface area contributed by atoms with Gasteiger partial charge in [-0.2, -0.15) is 9.29 Å². The zero-order valence-electron chi connectivity index (χ0n) is 12.0. The lowest BCUT2D eigenvalue weighted by Gasteiger charge is -2.14. The number of hydrogen-bond donors (Lipinski definition) is 0. The highest BCUT2D eigenvalue weighted by atomic mass is 79.9. The smallest absolute Gasteiger partial charge is 0.243 e. The van der Waals surface area contributed by atoms with Gasteiger partial charge in [0, 0.05) is 11.5 Å². The van der Waals surface area contributed by atoms with Crippen LogP contribution in [0, 0.1) is 0 Å². The molecule has 2 heterocycles. The summed E-state index contributed by atoms with van der Waals surface area (Å²) in [6, 6.07) is 10.2. The highest BCUT2D eigenvalue weighted by Crippen LogP contribution is 2.23. The first kappa shape index (κ1) is 16.3. The summed E-state index contributed by atoms with van der Waals surface area (Å²) < 4.78 is 32.2. The molecule has 0 unspecified atom stereocenters. The lowest BCUT2D eigenvalue weighted by atomic mass is 10.4. The quantitative estimate of drug-likeness (QED) is 0.640. The topological polar surface area (TPSA) is 76.3 Å². The molecule has 0 atom stereocenters. The number of sulfonamides is 1. The third-order valence-corrected chi connectivity index (χ3v) is 6.30. The average Bonchev–Trinajstić information content (AvgIpc) is 3.18. The van der Waals surface area contributed by atoms with Gasteiger partial charge in [-0.3, -0.25) is 0 Å². The van der Waals surface area contributed by atoms with Crippen LogP contribution in [0.5, 0.6) is 0 Å². The number of thiophene rings is 1. The molecule has 0 aliphatic carbocycles. The van der Waals surface area contributed by atoms with Crippen LogP contribution in [0.25, 0.3) is 10.7 Å². The van der Waals surface area contributed by atoms with Crippen molar-refractivity contribution in [1.29, 1.82) is 0 Å². The summed E-state index contributed by atoms with van der Waals surface area (Å²) in [6.45, 7) is 0.0107. The lowest BCUT2D eigenvalue weighted by Crippen LogP contribution is -2.26. The highest BCUT2D eigenvalue weighted by molar-refractivity contribution is 9.10. The second kappa shape index (κ2) is 6.52. The van der Waals surface area contributed by atoms with Crippen LogP contribution in [-0.2, 0) is 16.6 Å². The second-order valence-corrected chi connectivity index (χ2v) is 8.61. The van der Waals surface area contributed by atoms with Crippen molar-refractivity contribution in [3.8, 4) is 10.7 Å². The van der Waals surface area contributed by atoms with Crippen molar-refractivity contribution in [2.45, 2.75) is 11.4 Å². The van der Waals surface area contributed by atoms with Crippen molar-refractivity contribution in [2.24, 2.45) is 0 Å². The van der Waals surface area contributed by atoms with Crippen LogP contribution in [0.15, 0.2) is 55.7 Å². The van der Waals surface area contributed by atoms with E-state index in [1.807, 2.05) is 17.5 Å². The summed E-state index contributed by atoms with van der Waals surface area (Å²) in [6.07, 6.45) is 0. The molecule has 0 N–H and O–H groups in total. The first-order valence-electron chi connectivity index (χ1n) is 6.55. The summed E-state index contributed by atoms with van der Waals surface area (Å²) in [4.78, 5) is 5.32. The van der Waals surface area contributed by atoms with Gasteiger partial charge in [0.05, 0.1) is 16.3 Å². The molecule has 0 saturated heterocycles. The molecule has 0 aliphatic heterocycles. The molecule has 0 fully saturated rings. The van der Waals surface area contributed by atoms with Gasteiger partial charge in [0.1, 0.15) is 0 Å². The Morgan fingerprint density at radius 2 is 2.00 bits per heavy atom. The van der Waals surface area contributed by atoms with Gasteiger partial charge < -0.3 is 4.52 Å². The Labute approximate surface area is 145 Å². The van der Waals surface area contributed by atoms with Crippen molar-refractivity contribution >= 4 is 37.3 Å². The fourth-order valence-corrected chi connectivity index (χ4v) is 3.92. The molecule has 6 nitrogen and oxygen atoms in total. The Kier molecular flexibility index (Phi) is 4.62. The van der Waals surface area contributed by atoms with Crippen LogP contribution in [0.3, 0.4) is 0 Å². The maximum Gasteiger partial charge on any atom is 0.243 e. The highest BCUT2D eigenvalue weighted by Gasteiger charge is 2.23. The molecule has 0 aliphatic rings. The van der Waals surface area contributed by atoms with E-state index in [9.17, 15) is 8.42 Å². The molecule has 9 heteroatoms. The molecule has 120 valence electrons. The molecule has 1 aromatic carbocycles. The number of halogens is 1. The summed E-state index contributed by atoms with van der Waals surface area (Å²) in [7, 11) is -2.13. The minimum Gasteiger partial charge on any atom is -0.337 e. The first-order valence-corrected chi connectivity index (χ1v) is 9.66. The summed E-state index contributed by atoms with van der Waals surface area (Å²) in [5.41, 5.74) is 0. The average molecular weight is 414 g/mol. The standard InChI is InChI=1S/C14H12BrN3O3S2/c1-18(23(19,20)11-6-4-10(15)5-7-11)9-13-16-14(17-21-13)12-3-2-8-22-12/h2-8H,9H2,1H3. The number of aromatic nitrogens is 2. The minimum absolute atomic E-state index is 0.0107. The largest absolute Gasteiger partial charge is 0.337 e. The fourth-order valence-electron chi connectivity index (χ4n) is 1.89. The molecule has 0 spiro atoms. The van der Waals surface area contributed by atoms with E-state index in [1.54, 1.807) is 24.3 Å². The van der Waals surface area contributed by atoms with E-state index in [0.717, 1.165) is 9.35 Å². The van der Waals surface area contributed by atoms with E-state index in [1.165, 1.54) is 22.7 Å². The van der Waals surface area contributed by atoms with E-state index in [0.29, 0.717) is 5.82 Å². The zero-order chi connectivity index (χ0) is 16.4. The molecule has 2 aromatic heterocycles. The zero-order valence-corrected chi connectivity index (χ0v) is 15.2. The minimum atomic E-state index is -3.61. The second-order valence-electron chi connectivity index (χ2n) is 4.70. The predicted octanol–water partition coefficient (Wildman–Crippen LogP) is 3.38. The Morgan fingerprint density at radius 3 is 2.65 bits per heavy atom. The molecule has 0 saturated carbocycles. The Morgan fingerprint density at radius 1 is 1.26 bits per heavy atom. The fraction of sp³-hybridized carbons (Fsp3) is 0.143. The van der Waals surface area contributed by atoms with Gasteiger partial charge in [-0.1, -0.05) is 27.2 Å². The van der Waals surface area contributed by atoms with Gasteiger partial charge in [0.25, 0.3) is 0 Å².